The number of aliphatic hydroxyl groups excluding tert-OH is 2. The third kappa shape index (κ3) is 6.89. The van der Waals surface area contributed by atoms with Crippen LogP contribution in [0.25, 0.3) is 6.08 Å². The zero-order chi connectivity index (χ0) is 18.8. The Hall–Kier alpha value is -1.84. The summed E-state index contributed by atoms with van der Waals surface area (Å²) in [5, 5.41) is 29.8. The summed E-state index contributed by atoms with van der Waals surface area (Å²) in [5.41, 5.74) is 3.60. The van der Waals surface area contributed by atoms with Gasteiger partial charge in [0.15, 0.2) is 0 Å². The third-order valence-corrected chi connectivity index (χ3v) is 4.34. The number of para-hydroxylation sites is 1. The summed E-state index contributed by atoms with van der Waals surface area (Å²) in [6, 6.07) is 7.27. The first-order valence-corrected chi connectivity index (χ1v) is 9.06. The standard InChI is InChI=1S/C22H32O3/c1-5-8-18(15-19-9-6-7-10-21(19)24)11-12-22(25)20(13-14-23)17(4)16(2)3/h6-7,9-10,13,15-16,22-25H,4-5,8,11-12,14H2,1-3H3/b18-15+,20-13-. The van der Waals surface area contributed by atoms with Crippen molar-refractivity contribution < 1.29 is 15.3 Å². The molecule has 1 aromatic carbocycles. The van der Waals surface area contributed by atoms with E-state index in [9.17, 15) is 15.3 Å². The van der Waals surface area contributed by atoms with Crippen molar-refractivity contribution in [2.24, 2.45) is 5.92 Å². The molecule has 1 aromatic rings. The minimum Gasteiger partial charge on any atom is -0.507 e. The summed E-state index contributed by atoms with van der Waals surface area (Å²) in [4.78, 5) is 0. The van der Waals surface area contributed by atoms with Crippen LogP contribution in [0, 0.1) is 5.92 Å². The average Bonchev–Trinajstić information content (AvgIpc) is 2.58. The van der Waals surface area contributed by atoms with Gasteiger partial charge in [-0.1, -0.05) is 69.7 Å². The predicted molar refractivity (Wildman–Crippen MR) is 105 cm³/mol. The second-order valence-electron chi connectivity index (χ2n) is 6.69. The molecule has 3 heteroatoms. The fourth-order valence-corrected chi connectivity index (χ4v) is 2.81. The molecule has 3 nitrogen and oxygen atoms in total. The number of hydrogen-bond donors (Lipinski definition) is 3. The van der Waals surface area contributed by atoms with E-state index in [0.717, 1.165) is 36.0 Å². The minimum atomic E-state index is -0.647. The van der Waals surface area contributed by atoms with Crippen molar-refractivity contribution in [3.63, 3.8) is 0 Å². The van der Waals surface area contributed by atoms with E-state index >= 15 is 0 Å². The lowest BCUT2D eigenvalue weighted by atomic mass is 9.89. The molecule has 0 aliphatic carbocycles. The van der Waals surface area contributed by atoms with E-state index in [1.807, 2.05) is 32.1 Å². The first-order valence-electron chi connectivity index (χ1n) is 9.06. The molecule has 0 radical (unpaired) electrons. The number of phenols is 1. The number of rotatable bonds is 10. The van der Waals surface area contributed by atoms with Crippen molar-refractivity contribution >= 4 is 6.08 Å². The molecule has 0 heterocycles. The van der Waals surface area contributed by atoms with Gasteiger partial charge in [0.05, 0.1) is 12.7 Å². The van der Waals surface area contributed by atoms with E-state index < -0.39 is 6.10 Å². The van der Waals surface area contributed by atoms with Crippen LogP contribution in [-0.2, 0) is 0 Å². The zero-order valence-corrected chi connectivity index (χ0v) is 15.7. The molecule has 0 saturated carbocycles. The van der Waals surface area contributed by atoms with Crippen molar-refractivity contribution in [2.75, 3.05) is 6.61 Å². The van der Waals surface area contributed by atoms with Gasteiger partial charge >= 0.3 is 0 Å². The highest BCUT2D eigenvalue weighted by Crippen LogP contribution is 2.27. The van der Waals surface area contributed by atoms with E-state index in [1.165, 1.54) is 5.57 Å². The van der Waals surface area contributed by atoms with Gasteiger partial charge < -0.3 is 15.3 Å². The number of benzene rings is 1. The van der Waals surface area contributed by atoms with Gasteiger partial charge in [-0.3, -0.25) is 0 Å². The topological polar surface area (TPSA) is 60.7 Å². The average molecular weight is 344 g/mol. The molecule has 0 aromatic heterocycles. The third-order valence-electron chi connectivity index (χ3n) is 4.34. The summed E-state index contributed by atoms with van der Waals surface area (Å²) in [7, 11) is 0. The summed E-state index contributed by atoms with van der Waals surface area (Å²) in [6.07, 6.45) is 6.25. The van der Waals surface area contributed by atoms with Crippen molar-refractivity contribution in [3.05, 3.63) is 59.2 Å². The largest absolute Gasteiger partial charge is 0.507 e. The van der Waals surface area contributed by atoms with Crippen LogP contribution in [-0.4, -0.2) is 28.0 Å². The van der Waals surface area contributed by atoms with Crippen LogP contribution in [0.4, 0.5) is 0 Å². The minimum absolute atomic E-state index is 0.103. The second-order valence-corrected chi connectivity index (χ2v) is 6.69. The fourth-order valence-electron chi connectivity index (χ4n) is 2.81. The zero-order valence-electron chi connectivity index (χ0n) is 15.7. The lowest BCUT2D eigenvalue weighted by molar-refractivity contribution is 0.199. The molecule has 138 valence electrons. The molecule has 0 saturated heterocycles. The Morgan fingerprint density at radius 2 is 1.88 bits per heavy atom. The lowest BCUT2D eigenvalue weighted by Gasteiger charge is -2.20. The Morgan fingerprint density at radius 1 is 1.20 bits per heavy atom. The molecule has 1 atom stereocenters. The molecular formula is C22H32O3. The van der Waals surface area contributed by atoms with Crippen molar-refractivity contribution in [1.29, 1.82) is 0 Å². The normalized spacial score (nSPS) is 14.0. The van der Waals surface area contributed by atoms with Crippen LogP contribution in [0.1, 0.15) is 52.0 Å². The summed E-state index contributed by atoms with van der Waals surface area (Å²) in [5.74, 6) is 0.491. The molecule has 0 spiro atoms. The Kier molecular flexibility index (Phi) is 9.25. The molecule has 0 bridgehead atoms. The number of allylic oxidation sites excluding steroid dienone is 1. The maximum Gasteiger partial charge on any atom is 0.122 e. The first kappa shape index (κ1) is 21.2. The smallest absolute Gasteiger partial charge is 0.122 e. The van der Waals surface area contributed by atoms with Crippen LogP contribution in [0.2, 0.25) is 0 Å². The molecule has 1 rings (SSSR count). The highest BCUT2D eigenvalue weighted by molar-refractivity contribution is 5.59. The van der Waals surface area contributed by atoms with Gasteiger partial charge in [-0.15, -0.1) is 0 Å². The van der Waals surface area contributed by atoms with E-state index in [0.29, 0.717) is 6.42 Å². The maximum absolute atomic E-state index is 10.6. The van der Waals surface area contributed by atoms with E-state index in [2.05, 4.69) is 13.5 Å². The summed E-state index contributed by atoms with van der Waals surface area (Å²) in [6.45, 7) is 10.1. The van der Waals surface area contributed by atoms with Crippen molar-refractivity contribution in [1.82, 2.24) is 0 Å². The first-order chi connectivity index (χ1) is 11.9. The van der Waals surface area contributed by atoms with Crippen LogP contribution in [0.15, 0.2) is 53.6 Å². The molecule has 1 unspecified atom stereocenters. The molecule has 0 aliphatic rings. The lowest BCUT2D eigenvalue weighted by Crippen LogP contribution is -2.15. The highest BCUT2D eigenvalue weighted by Gasteiger charge is 2.16. The molecule has 3 N–H and O–H groups in total. The van der Waals surface area contributed by atoms with Gasteiger partial charge in [0.1, 0.15) is 5.75 Å². The van der Waals surface area contributed by atoms with E-state index in [1.54, 1.807) is 18.2 Å². The van der Waals surface area contributed by atoms with Gasteiger partial charge in [0.2, 0.25) is 0 Å². The maximum atomic E-state index is 10.6. The number of hydrogen-bond acceptors (Lipinski definition) is 3. The SMILES string of the molecule is C=C(/C(=C/CO)C(O)CC/C(=C/c1ccccc1O)CCC)C(C)C. The molecule has 25 heavy (non-hydrogen) atoms. The Morgan fingerprint density at radius 3 is 2.44 bits per heavy atom. The molecule has 0 fully saturated rings. The van der Waals surface area contributed by atoms with Gasteiger partial charge in [0, 0.05) is 5.56 Å². The van der Waals surface area contributed by atoms with E-state index in [-0.39, 0.29) is 18.3 Å². The highest BCUT2D eigenvalue weighted by atomic mass is 16.3. The van der Waals surface area contributed by atoms with E-state index in [4.69, 9.17) is 0 Å². The van der Waals surface area contributed by atoms with Crippen LogP contribution in [0.5, 0.6) is 5.75 Å². The molecular weight excluding hydrogens is 312 g/mol. The van der Waals surface area contributed by atoms with Gasteiger partial charge in [0.25, 0.3) is 0 Å². The summed E-state index contributed by atoms with van der Waals surface area (Å²) >= 11 is 0. The van der Waals surface area contributed by atoms with Crippen LogP contribution < -0.4 is 0 Å². The van der Waals surface area contributed by atoms with Crippen molar-refractivity contribution in [2.45, 2.75) is 52.6 Å². The van der Waals surface area contributed by atoms with Gasteiger partial charge in [-0.2, -0.15) is 0 Å². The Labute approximate surface area is 152 Å². The monoisotopic (exact) mass is 344 g/mol. The number of aliphatic hydroxyl groups is 2. The van der Waals surface area contributed by atoms with Crippen LogP contribution in [0.3, 0.4) is 0 Å². The molecule has 0 aliphatic heterocycles. The Bertz CT molecular complexity index is 611. The number of phenolic OH excluding ortho intramolecular Hbond substituents is 1. The van der Waals surface area contributed by atoms with Gasteiger partial charge in [-0.25, -0.2) is 0 Å². The van der Waals surface area contributed by atoms with Gasteiger partial charge in [-0.05, 0) is 42.4 Å². The Balaban J connectivity index is 2.87. The van der Waals surface area contributed by atoms with Crippen LogP contribution >= 0.6 is 0 Å². The van der Waals surface area contributed by atoms with Crippen molar-refractivity contribution in [3.8, 4) is 5.75 Å². The molecule has 0 amide bonds. The summed E-state index contributed by atoms with van der Waals surface area (Å²) < 4.78 is 0. The number of aromatic hydroxyl groups is 1. The quantitative estimate of drug-likeness (QED) is 0.532. The second kappa shape index (κ2) is 10.9. The predicted octanol–water partition coefficient (Wildman–Crippen LogP) is 4.85. The fraction of sp³-hybridized carbons (Fsp3) is 0.455.